The maximum atomic E-state index is 13.2. The predicted octanol–water partition coefficient (Wildman–Crippen LogP) is 3.64. The lowest BCUT2D eigenvalue weighted by atomic mass is 9.82. The topological polar surface area (TPSA) is 133 Å². The van der Waals surface area contributed by atoms with Gasteiger partial charge in [0, 0.05) is 6.54 Å². The van der Waals surface area contributed by atoms with Gasteiger partial charge >= 0.3 is 0 Å². The fourth-order valence-electron chi connectivity index (χ4n) is 5.37. The maximum absolute atomic E-state index is 13.2. The second-order valence-corrected chi connectivity index (χ2v) is 15.1. The second kappa shape index (κ2) is 16.5. The van der Waals surface area contributed by atoms with E-state index in [1.165, 1.54) is 6.42 Å². The monoisotopic (exact) mass is 580 g/mol. The summed E-state index contributed by atoms with van der Waals surface area (Å²) in [6.45, 7) is 8.91. The summed E-state index contributed by atoms with van der Waals surface area (Å²) in [4.78, 5) is 26.4. The van der Waals surface area contributed by atoms with Crippen LogP contribution in [0, 0.1) is 23.7 Å². The van der Waals surface area contributed by atoms with E-state index in [0.29, 0.717) is 18.8 Å². The van der Waals surface area contributed by atoms with Gasteiger partial charge in [0.1, 0.15) is 6.10 Å². The van der Waals surface area contributed by atoms with E-state index in [2.05, 4.69) is 10.6 Å². The van der Waals surface area contributed by atoms with Crippen LogP contribution in [-0.4, -0.2) is 66.2 Å². The van der Waals surface area contributed by atoms with Crippen molar-refractivity contribution < 1.29 is 28.2 Å². The van der Waals surface area contributed by atoms with E-state index in [1.54, 1.807) is 20.8 Å². The molecular formula is C31H52N2O6S. The molecule has 1 aromatic carbocycles. The zero-order valence-electron chi connectivity index (χ0n) is 25.0. The van der Waals surface area contributed by atoms with Gasteiger partial charge < -0.3 is 20.8 Å². The van der Waals surface area contributed by atoms with Gasteiger partial charge in [-0.2, -0.15) is 0 Å². The number of amides is 2. The Labute approximate surface area is 241 Å². The number of aliphatic hydroxyl groups is 2. The van der Waals surface area contributed by atoms with Crippen molar-refractivity contribution in [3.05, 3.63) is 35.9 Å². The van der Waals surface area contributed by atoms with Crippen molar-refractivity contribution in [1.29, 1.82) is 0 Å². The third-order valence-electron chi connectivity index (χ3n) is 8.04. The Morgan fingerprint density at radius 2 is 1.57 bits per heavy atom. The van der Waals surface area contributed by atoms with Crippen molar-refractivity contribution >= 4 is 21.7 Å². The van der Waals surface area contributed by atoms with Crippen molar-refractivity contribution in [2.24, 2.45) is 23.7 Å². The van der Waals surface area contributed by atoms with Crippen LogP contribution in [0.5, 0.6) is 0 Å². The van der Waals surface area contributed by atoms with Crippen molar-refractivity contribution in [2.45, 2.75) is 109 Å². The van der Waals surface area contributed by atoms with E-state index < -0.39 is 51.1 Å². The average molecular weight is 581 g/mol. The Hall–Kier alpha value is -1.97. The van der Waals surface area contributed by atoms with Gasteiger partial charge in [0.2, 0.25) is 11.8 Å². The number of carbonyl (C=O) groups is 2. The van der Waals surface area contributed by atoms with E-state index in [-0.39, 0.29) is 30.5 Å². The Kier molecular flexibility index (Phi) is 14.1. The van der Waals surface area contributed by atoms with Gasteiger partial charge in [0.15, 0.2) is 9.84 Å². The minimum Gasteiger partial charge on any atom is -0.390 e. The first-order valence-corrected chi connectivity index (χ1v) is 16.7. The van der Waals surface area contributed by atoms with Crippen LogP contribution in [0.25, 0.3) is 0 Å². The number of nitrogens with one attached hydrogen (secondary N) is 2. The van der Waals surface area contributed by atoms with Crippen LogP contribution in [-0.2, 0) is 25.8 Å². The van der Waals surface area contributed by atoms with Gasteiger partial charge in [-0.05, 0) is 50.5 Å². The molecule has 1 saturated carbocycles. The number of hydrogen-bond acceptors (Lipinski definition) is 6. The molecule has 0 spiro atoms. The van der Waals surface area contributed by atoms with Gasteiger partial charge in [-0.1, -0.05) is 83.2 Å². The van der Waals surface area contributed by atoms with Crippen molar-refractivity contribution in [1.82, 2.24) is 10.6 Å². The standard InChI is InChI=1S/C31H52N2O6S/c1-21(2)16-28(34)29(35)27(18-25-14-10-7-11-15-25)33-30(36)23(5)19-32-31(37)26(20-40(38,39)22(3)4)17-24-12-8-6-9-13-24/h6,8-9,12-13,21-23,25-29,34-35H,7,10-11,14-20H2,1-5H3,(H,32,37)(H,33,36)/t23-,26-,27+,28+,29-/m1/s1. The highest BCUT2D eigenvalue weighted by Gasteiger charge is 2.33. The smallest absolute Gasteiger partial charge is 0.224 e. The first kappa shape index (κ1) is 34.2. The summed E-state index contributed by atoms with van der Waals surface area (Å²) in [6, 6.07) is 8.72. The Balaban J connectivity index is 2.05. The quantitative estimate of drug-likeness (QED) is 0.236. The molecule has 8 nitrogen and oxygen atoms in total. The molecule has 4 N–H and O–H groups in total. The summed E-state index contributed by atoms with van der Waals surface area (Å²) in [5.74, 6) is -1.78. The minimum absolute atomic E-state index is 0.0402. The van der Waals surface area contributed by atoms with E-state index in [1.807, 2.05) is 44.2 Å². The largest absolute Gasteiger partial charge is 0.390 e. The lowest BCUT2D eigenvalue weighted by Crippen LogP contribution is -2.52. The van der Waals surface area contributed by atoms with Crippen molar-refractivity contribution in [2.75, 3.05) is 12.3 Å². The summed E-state index contributed by atoms with van der Waals surface area (Å²) in [5, 5.41) is 26.8. The Morgan fingerprint density at radius 3 is 2.15 bits per heavy atom. The first-order valence-electron chi connectivity index (χ1n) is 15.0. The van der Waals surface area contributed by atoms with Crippen LogP contribution in [0.15, 0.2) is 30.3 Å². The zero-order valence-corrected chi connectivity index (χ0v) is 25.8. The summed E-state index contributed by atoms with van der Waals surface area (Å²) < 4.78 is 25.3. The first-order chi connectivity index (χ1) is 18.8. The van der Waals surface area contributed by atoms with Crippen LogP contribution in [0.1, 0.15) is 85.1 Å². The van der Waals surface area contributed by atoms with Crippen LogP contribution in [0.4, 0.5) is 0 Å². The van der Waals surface area contributed by atoms with E-state index >= 15 is 0 Å². The average Bonchev–Trinajstić information content (AvgIpc) is 2.90. The van der Waals surface area contributed by atoms with Crippen LogP contribution in [0.3, 0.4) is 0 Å². The third kappa shape index (κ3) is 11.5. The molecule has 228 valence electrons. The zero-order chi connectivity index (χ0) is 29.9. The Bertz CT molecular complexity index is 1010. The van der Waals surface area contributed by atoms with Crippen LogP contribution < -0.4 is 10.6 Å². The molecule has 40 heavy (non-hydrogen) atoms. The maximum Gasteiger partial charge on any atom is 0.224 e. The molecule has 0 unspecified atom stereocenters. The van der Waals surface area contributed by atoms with Gasteiger partial charge in [-0.3, -0.25) is 9.59 Å². The molecule has 2 rings (SSSR count). The molecule has 1 aliphatic carbocycles. The van der Waals surface area contributed by atoms with E-state index in [0.717, 1.165) is 31.2 Å². The molecule has 1 fully saturated rings. The van der Waals surface area contributed by atoms with E-state index in [9.17, 15) is 28.2 Å². The van der Waals surface area contributed by atoms with Gasteiger partial charge in [-0.15, -0.1) is 0 Å². The highest BCUT2D eigenvalue weighted by atomic mass is 32.2. The molecule has 0 heterocycles. The van der Waals surface area contributed by atoms with Gasteiger partial charge in [0.05, 0.1) is 35.0 Å². The summed E-state index contributed by atoms with van der Waals surface area (Å²) in [6.07, 6.45) is 4.87. The summed E-state index contributed by atoms with van der Waals surface area (Å²) in [7, 11) is -3.47. The molecule has 9 heteroatoms. The molecule has 1 aliphatic rings. The lowest BCUT2D eigenvalue weighted by molar-refractivity contribution is -0.128. The number of sulfone groups is 1. The molecule has 2 amide bonds. The SMILES string of the molecule is CC(C)C[C@H](O)[C@H](O)[C@H](CC1CCCCC1)NC(=O)[C@H](C)CNC(=O)[C@H](Cc1ccccc1)CS(=O)(=O)C(C)C. The number of rotatable bonds is 16. The fraction of sp³-hybridized carbons (Fsp3) is 0.742. The number of benzene rings is 1. The molecule has 0 aliphatic heterocycles. The van der Waals surface area contributed by atoms with Crippen molar-refractivity contribution in [3.63, 3.8) is 0 Å². The predicted molar refractivity (Wildman–Crippen MR) is 159 cm³/mol. The summed E-state index contributed by atoms with van der Waals surface area (Å²) >= 11 is 0. The number of aliphatic hydroxyl groups excluding tert-OH is 2. The molecule has 1 aromatic rings. The van der Waals surface area contributed by atoms with Crippen LogP contribution in [0.2, 0.25) is 0 Å². The van der Waals surface area contributed by atoms with Gasteiger partial charge in [0.25, 0.3) is 0 Å². The lowest BCUT2D eigenvalue weighted by Gasteiger charge is -2.33. The Morgan fingerprint density at radius 1 is 0.950 bits per heavy atom. The van der Waals surface area contributed by atoms with Gasteiger partial charge in [-0.25, -0.2) is 8.42 Å². The fourth-order valence-corrected chi connectivity index (χ4v) is 6.59. The normalized spacial score (nSPS) is 18.6. The number of hydrogen-bond donors (Lipinski definition) is 4. The third-order valence-corrected chi connectivity index (χ3v) is 10.3. The summed E-state index contributed by atoms with van der Waals surface area (Å²) in [5.41, 5.74) is 0.867. The molecular weight excluding hydrogens is 528 g/mol. The minimum atomic E-state index is -3.47. The molecule has 0 saturated heterocycles. The van der Waals surface area contributed by atoms with Crippen molar-refractivity contribution in [3.8, 4) is 0 Å². The second-order valence-electron chi connectivity index (χ2n) is 12.5. The molecule has 0 aromatic heterocycles. The molecule has 0 radical (unpaired) electrons. The van der Waals surface area contributed by atoms with E-state index in [4.69, 9.17) is 0 Å². The molecule has 0 bridgehead atoms. The number of carbonyl (C=O) groups excluding carboxylic acids is 2. The highest BCUT2D eigenvalue weighted by Crippen LogP contribution is 2.29. The highest BCUT2D eigenvalue weighted by molar-refractivity contribution is 7.92. The van der Waals surface area contributed by atoms with Crippen LogP contribution >= 0.6 is 0 Å². The molecule has 5 atom stereocenters.